The summed E-state index contributed by atoms with van der Waals surface area (Å²) in [5.41, 5.74) is 7.18. The second-order valence-electron chi connectivity index (χ2n) is 5.95. The number of likely N-dealkylation sites (N-methyl/N-ethyl adjacent to an activating group) is 1. The number of para-hydroxylation sites is 1. The van der Waals surface area contributed by atoms with Gasteiger partial charge in [0.25, 0.3) is 0 Å². The number of ether oxygens (including phenoxy) is 1. The number of aliphatic carboxylic acids is 1. The van der Waals surface area contributed by atoms with Gasteiger partial charge in [-0.25, -0.2) is 19.4 Å². The number of nitrogens with zero attached hydrogens (tertiary/aromatic N) is 5. The molecule has 3 aromatic rings. The predicted octanol–water partition coefficient (Wildman–Crippen LogP) is 1.86. The maximum absolute atomic E-state index is 10.6. The molecular formula is C18H21F3N6O3. The first-order valence-electron chi connectivity index (χ1n) is 8.79. The number of carboxylic acids is 1. The number of hydrogen-bond acceptors (Lipinski definition) is 7. The van der Waals surface area contributed by atoms with Crippen molar-refractivity contribution < 1.29 is 27.8 Å². The maximum atomic E-state index is 10.6. The van der Waals surface area contributed by atoms with Crippen LogP contribution in [0.2, 0.25) is 0 Å². The lowest BCUT2D eigenvalue weighted by Crippen LogP contribution is -2.24. The number of nitrogens with two attached hydrogens (primary N) is 1. The Morgan fingerprint density at radius 3 is 2.50 bits per heavy atom. The van der Waals surface area contributed by atoms with Crippen molar-refractivity contribution in [3.8, 4) is 5.69 Å². The highest BCUT2D eigenvalue weighted by molar-refractivity contribution is 5.87. The minimum absolute atomic E-state index is 0.533. The first-order valence-corrected chi connectivity index (χ1v) is 8.79. The average Bonchev–Trinajstić information content (AvgIpc) is 3.15. The molecule has 0 aliphatic carbocycles. The van der Waals surface area contributed by atoms with Crippen molar-refractivity contribution in [2.45, 2.75) is 6.18 Å². The molecule has 2 aromatic heterocycles. The molecule has 3 N–H and O–H groups in total. The minimum atomic E-state index is -5.08. The standard InChI is InChI=1S/C16H20N6O.C2HF3O2/c1-21(8-10-23-9-7-17)15-14-11-20-22(16(14)19-12-18-15)13-5-3-2-4-6-13;3-2(4,5)1(6)7/h2-6,11-12H,7-10,17H2,1H3;(H,6,7). The molecule has 30 heavy (non-hydrogen) atoms. The summed E-state index contributed by atoms with van der Waals surface area (Å²) < 4.78 is 39.0. The van der Waals surface area contributed by atoms with Crippen molar-refractivity contribution >= 4 is 22.8 Å². The molecule has 1 aromatic carbocycles. The van der Waals surface area contributed by atoms with E-state index in [1.54, 1.807) is 12.5 Å². The number of anilines is 1. The van der Waals surface area contributed by atoms with Crippen LogP contribution >= 0.6 is 0 Å². The fourth-order valence-electron chi connectivity index (χ4n) is 2.39. The highest BCUT2D eigenvalue weighted by atomic mass is 19.4. The first-order chi connectivity index (χ1) is 14.3. The summed E-state index contributed by atoms with van der Waals surface area (Å²) in [4.78, 5) is 19.7. The molecular weight excluding hydrogens is 405 g/mol. The lowest BCUT2D eigenvalue weighted by Gasteiger charge is -2.18. The SMILES string of the molecule is CN(CCOCCN)c1ncnc2c1cnn2-c1ccccc1.O=C(O)C(F)(F)F. The van der Waals surface area contributed by atoms with Crippen molar-refractivity contribution in [2.24, 2.45) is 5.73 Å². The van der Waals surface area contributed by atoms with Gasteiger partial charge in [0.15, 0.2) is 5.65 Å². The third kappa shape index (κ3) is 6.12. The van der Waals surface area contributed by atoms with Crippen LogP contribution in [-0.4, -0.2) is 70.4 Å². The van der Waals surface area contributed by atoms with Crippen LogP contribution in [0.3, 0.4) is 0 Å². The Hall–Kier alpha value is -3.25. The van der Waals surface area contributed by atoms with Crippen molar-refractivity contribution in [1.82, 2.24) is 19.7 Å². The van der Waals surface area contributed by atoms with Crippen LogP contribution in [0.15, 0.2) is 42.9 Å². The second kappa shape index (κ2) is 10.5. The molecule has 9 nitrogen and oxygen atoms in total. The third-order valence-electron chi connectivity index (χ3n) is 3.78. The summed E-state index contributed by atoms with van der Waals surface area (Å²) >= 11 is 0. The Balaban J connectivity index is 0.000000396. The van der Waals surface area contributed by atoms with Gasteiger partial charge >= 0.3 is 12.1 Å². The highest BCUT2D eigenvalue weighted by Gasteiger charge is 2.38. The molecule has 3 rings (SSSR count). The molecule has 0 saturated heterocycles. The van der Waals surface area contributed by atoms with Crippen LogP contribution in [0.5, 0.6) is 0 Å². The van der Waals surface area contributed by atoms with E-state index in [1.807, 2.05) is 47.0 Å². The van der Waals surface area contributed by atoms with Gasteiger partial charge < -0.3 is 20.5 Å². The average molecular weight is 426 g/mol. The van der Waals surface area contributed by atoms with E-state index in [2.05, 4.69) is 15.1 Å². The fourth-order valence-corrected chi connectivity index (χ4v) is 2.39. The normalized spacial score (nSPS) is 11.1. The van der Waals surface area contributed by atoms with E-state index in [4.69, 9.17) is 20.4 Å². The molecule has 162 valence electrons. The minimum Gasteiger partial charge on any atom is -0.475 e. The summed E-state index contributed by atoms with van der Waals surface area (Å²) in [6.07, 6.45) is -1.72. The summed E-state index contributed by atoms with van der Waals surface area (Å²) in [6, 6.07) is 9.93. The molecule has 0 unspecified atom stereocenters. The Bertz CT molecular complexity index is 949. The molecule has 0 fully saturated rings. The summed E-state index contributed by atoms with van der Waals surface area (Å²) in [5, 5.41) is 12.5. The van der Waals surface area contributed by atoms with Gasteiger partial charge in [-0.1, -0.05) is 18.2 Å². The fraction of sp³-hybridized carbons (Fsp3) is 0.333. The molecule has 0 radical (unpaired) electrons. The van der Waals surface area contributed by atoms with Crippen molar-refractivity contribution in [3.63, 3.8) is 0 Å². The summed E-state index contributed by atoms with van der Waals surface area (Å²) in [5.74, 6) is -1.92. The van der Waals surface area contributed by atoms with E-state index in [-0.39, 0.29) is 0 Å². The molecule has 2 heterocycles. The monoisotopic (exact) mass is 426 g/mol. The zero-order valence-electron chi connectivity index (χ0n) is 16.1. The van der Waals surface area contributed by atoms with Gasteiger partial charge in [-0.3, -0.25) is 0 Å². The molecule has 0 saturated carbocycles. The molecule has 0 bridgehead atoms. The van der Waals surface area contributed by atoms with E-state index in [9.17, 15) is 13.2 Å². The van der Waals surface area contributed by atoms with Crippen LogP contribution in [0.4, 0.5) is 19.0 Å². The van der Waals surface area contributed by atoms with E-state index < -0.39 is 12.1 Å². The van der Waals surface area contributed by atoms with Crippen LogP contribution in [0.25, 0.3) is 16.7 Å². The van der Waals surface area contributed by atoms with Gasteiger partial charge in [0.05, 0.1) is 30.5 Å². The van der Waals surface area contributed by atoms with Crippen LogP contribution in [0, 0.1) is 0 Å². The lowest BCUT2D eigenvalue weighted by atomic mass is 10.3. The van der Waals surface area contributed by atoms with Crippen LogP contribution < -0.4 is 10.6 Å². The zero-order chi connectivity index (χ0) is 22.1. The number of rotatable bonds is 7. The number of fused-ring (bicyclic) bond motifs is 1. The second-order valence-corrected chi connectivity index (χ2v) is 5.95. The van der Waals surface area contributed by atoms with E-state index in [0.717, 1.165) is 29.1 Å². The molecule has 12 heteroatoms. The Kier molecular flexibility index (Phi) is 8.07. The number of hydrogen-bond donors (Lipinski definition) is 2. The number of carboxylic acid groups (broad SMARTS) is 1. The third-order valence-corrected chi connectivity index (χ3v) is 3.78. The van der Waals surface area contributed by atoms with Crippen molar-refractivity contribution in [3.05, 3.63) is 42.9 Å². The van der Waals surface area contributed by atoms with Crippen LogP contribution in [-0.2, 0) is 9.53 Å². The van der Waals surface area contributed by atoms with Crippen molar-refractivity contribution in [1.29, 1.82) is 0 Å². The molecule has 0 atom stereocenters. The van der Waals surface area contributed by atoms with Crippen molar-refractivity contribution in [2.75, 3.05) is 38.3 Å². The van der Waals surface area contributed by atoms with Gasteiger partial charge in [0.1, 0.15) is 12.1 Å². The van der Waals surface area contributed by atoms with Gasteiger partial charge in [-0.2, -0.15) is 18.3 Å². The van der Waals surface area contributed by atoms with E-state index >= 15 is 0 Å². The Morgan fingerprint density at radius 2 is 1.90 bits per heavy atom. The number of aromatic nitrogens is 4. The quantitative estimate of drug-likeness (QED) is 0.550. The Morgan fingerprint density at radius 1 is 1.23 bits per heavy atom. The topological polar surface area (TPSA) is 119 Å². The smallest absolute Gasteiger partial charge is 0.475 e. The number of halogens is 3. The summed E-state index contributed by atoms with van der Waals surface area (Å²) in [6.45, 7) is 2.43. The van der Waals surface area contributed by atoms with Gasteiger partial charge in [-0.15, -0.1) is 0 Å². The first kappa shape index (κ1) is 23.0. The number of carbonyl (C=O) groups is 1. The van der Waals surface area contributed by atoms with Gasteiger partial charge in [0.2, 0.25) is 0 Å². The number of benzene rings is 1. The molecule has 0 spiro atoms. The molecule has 0 aliphatic heterocycles. The zero-order valence-corrected chi connectivity index (χ0v) is 16.1. The van der Waals surface area contributed by atoms with Gasteiger partial charge in [-0.05, 0) is 12.1 Å². The number of alkyl halides is 3. The highest BCUT2D eigenvalue weighted by Crippen LogP contribution is 2.23. The largest absolute Gasteiger partial charge is 0.490 e. The van der Waals surface area contributed by atoms with Gasteiger partial charge in [0, 0.05) is 20.1 Å². The van der Waals surface area contributed by atoms with Crippen LogP contribution in [0.1, 0.15) is 0 Å². The predicted molar refractivity (Wildman–Crippen MR) is 103 cm³/mol. The Labute approximate surface area is 169 Å². The lowest BCUT2D eigenvalue weighted by molar-refractivity contribution is -0.192. The maximum Gasteiger partial charge on any atom is 0.490 e. The molecule has 0 amide bonds. The van der Waals surface area contributed by atoms with E-state index in [0.29, 0.717) is 19.8 Å². The van der Waals surface area contributed by atoms with E-state index in [1.165, 1.54) is 0 Å². The molecule has 0 aliphatic rings. The summed E-state index contributed by atoms with van der Waals surface area (Å²) in [7, 11) is 1.98.